The molecule has 2 aromatic rings. The lowest BCUT2D eigenvalue weighted by atomic mass is 10.2. The van der Waals surface area contributed by atoms with Gasteiger partial charge in [-0.05, 0) is 25.1 Å². The molecule has 0 radical (unpaired) electrons. The molecule has 0 saturated heterocycles. The van der Waals surface area contributed by atoms with E-state index in [0.29, 0.717) is 23.6 Å². The fraction of sp³-hybridized carbons (Fsp3) is 0.231. The molecular formula is C13H15N5O2. The van der Waals surface area contributed by atoms with Crippen molar-refractivity contribution >= 4 is 23.2 Å². The van der Waals surface area contributed by atoms with Gasteiger partial charge in [0.1, 0.15) is 5.82 Å². The van der Waals surface area contributed by atoms with Crippen LogP contribution >= 0.6 is 0 Å². The lowest BCUT2D eigenvalue weighted by Gasteiger charge is -2.07. The zero-order valence-corrected chi connectivity index (χ0v) is 11.2. The predicted octanol–water partition coefficient (Wildman–Crippen LogP) is 1.71. The van der Waals surface area contributed by atoms with Gasteiger partial charge < -0.3 is 10.6 Å². The Morgan fingerprint density at radius 2 is 1.95 bits per heavy atom. The third-order valence-corrected chi connectivity index (χ3v) is 2.53. The van der Waals surface area contributed by atoms with Crippen LogP contribution in [0.15, 0.2) is 24.3 Å². The van der Waals surface area contributed by atoms with Crippen molar-refractivity contribution in [2.75, 3.05) is 10.6 Å². The van der Waals surface area contributed by atoms with Crippen LogP contribution in [0.4, 0.5) is 11.4 Å². The number of aryl methyl sites for hydroxylation is 1. The van der Waals surface area contributed by atoms with E-state index >= 15 is 0 Å². The molecule has 0 bridgehead atoms. The largest absolute Gasteiger partial charge is 0.326 e. The molecule has 0 aliphatic rings. The average Bonchev–Trinajstić information content (AvgIpc) is 2.86. The summed E-state index contributed by atoms with van der Waals surface area (Å²) in [5.41, 5.74) is 1.19. The molecule has 3 N–H and O–H groups in total. The lowest BCUT2D eigenvalue weighted by Crippen LogP contribution is -2.14. The summed E-state index contributed by atoms with van der Waals surface area (Å²) in [5, 5.41) is 11.8. The van der Waals surface area contributed by atoms with E-state index in [2.05, 4.69) is 25.8 Å². The first kappa shape index (κ1) is 13.7. The highest BCUT2D eigenvalue weighted by atomic mass is 16.2. The number of benzene rings is 1. The van der Waals surface area contributed by atoms with Crippen LogP contribution < -0.4 is 10.6 Å². The maximum Gasteiger partial charge on any atom is 0.295 e. The number of anilines is 2. The molecule has 0 atom stereocenters. The summed E-state index contributed by atoms with van der Waals surface area (Å²) in [4.78, 5) is 27.1. The highest BCUT2D eigenvalue weighted by Crippen LogP contribution is 2.15. The Hall–Kier alpha value is -2.70. The van der Waals surface area contributed by atoms with Crippen molar-refractivity contribution < 1.29 is 9.59 Å². The molecule has 2 rings (SSSR count). The second-order valence-corrected chi connectivity index (χ2v) is 4.18. The van der Waals surface area contributed by atoms with Crippen molar-refractivity contribution in [2.24, 2.45) is 0 Å². The minimum atomic E-state index is -0.409. The number of nitrogens with zero attached hydrogens (tertiary/aromatic N) is 2. The highest BCUT2D eigenvalue weighted by molar-refractivity contribution is 6.02. The fourth-order valence-corrected chi connectivity index (χ4v) is 1.56. The fourth-order valence-electron chi connectivity index (χ4n) is 1.56. The number of aromatic nitrogens is 3. The molecule has 0 spiro atoms. The molecule has 2 amide bonds. The Kier molecular flexibility index (Phi) is 4.09. The van der Waals surface area contributed by atoms with E-state index in [-0.39, 0.29) is 11.7 Å². The molecule has 0 aliphatic heterocycles. The Morgan fingerprint density at radius 3 is 2.55 bits per heavy atom. The van der Waals surface area contributed by atoms with Crippen LogP contribution in [-0.4, -0.2) is 27.0 Å². The monoisotopic (exact) mass is 273 g/mol. The van der Waals surface area contributed by atoms with Crippen molar-refractivity contribution in [3.8, 4) is 0 Å². The summed E-state index contributed by atoms with van der Waals surface area (Å²) < 4.78 is 0. The Morgan fingerprint density at radius 1 is 1.25 bits per heavy atom. The van der Waals surface area contributed by atoms with Crippen molar-refractivity contribution in [2.45, 2.75) is 20.3 Å². The van der Waals surface area contributed by atoms with E-state index in [4.69, 9.17) is 0 Å². The zero-order chi connectivity index (χ0) is 14.5. The first-order valence-electron chi connectivity index (χ1n) is 6.18. The van der Waals surface area contributed by atoms with Gasteiger partial charge in [0.25, 0.3) is 5.91 Å². The van der Waals surface area contributed by atoms with E-state index in [1.807, 2.05) is 0 Å². The topological polar surface area (TPSA) is 99.8 Å². The number of nitrogens with one attached hydrogen (secondary N) is 3. The molecule has 1 aromatic heterocycles. The number of H-pyrrole nitrogens is 1. The van der Waals surface area contributed by atoms with Crippen LogP contribution in [0.2, 0.25) is 0 Å². The summed E-state index contributed by atoms with van der Waals surface area (Å²) in [7, 11) is 0. The van der Waals surface area contributed by atoms with Crippen LogP contribution in [-0.2, 0) is 4.79 Å². The van der Waals surface area contributed by atoms with Gasteiger partial charge in [0.15, 0.2) is 0 Å². The van der Waals surface area contributed by atoms with Gasteiger partial charge in [-0.2, -0.15) is 0 Å². The van der Waals surface area contributed by atoms with Gasteiger partial charge in [-0.3, -0.25) is 14.7 Å². The Labute approximate surface area is 115 Å². The van der Waals surface area contributed by atoms with Gasteiger partial charge in [0.05, 0.1) is 0 Å². The van der Waals surface area contributed by atoms with Crippen LogP contribution in [0.1, 0.15) is 29.8 Å². The van der Waals surface area contributed by atoms with Gasteiger partial charge in [-0.25, -0.2) is 4.98 Å². The van der Waals surface area contributed by atoms with Gasteiger partial charge in [0.2, 0.25) is 11.7 Å². The summed E-state index contributed by atoms with van der Waals surface area (Å²) in [6, 6.07) is 6.88. The minimum absolute atomic E-state index is 0.0745. The minimum Gasteiger partial charge on any atom is -0.326 e. The quantitative estimate of drug-likeness (QED) is 0.789. The molecule has 20 heavy (non-hydrogen) atoms. The number of hydrogen-bond donors (Lipinski definition) is 3. The van der Waals surface area contributed by atoms with Crippen molar-refractivity contribution in [3.63, 3.8) is 0 Å². The SMILES string of the molecule is CCC(=O)Nc1cccc(NC(=O)c2n[nH]c(C)n2)c1. The molecule has 1 heterocycles. The van der Waals surface area contributed by atoms with E-state index in [1.165, 1.54) is 0 Å². The van der Waals surface area contributed by atoms with Crippen molar-refractivity contribution in [1.29, 1.82) is 0 Å². The van der Waals surface area contributed by atoms with Crippen molar-refractivity contribution in [1.82, 2.24) is 15.2 Å². The predicted molar refractivity (Wildman–Crippen MR) is 74.4 cm³/mol. The summed E-state index contributed by atoms with van der Waals surface area (Å²) in [6.07, 6.45) is 0.396. The zero-order valence-electron chi connectivity index (χ0n) is 11.2. The Bertz CT molecular complexity index is 635. The van der Waals surface area contributed by atoms with E-state index in [9.17, 15) is 9.59 Å². The highest BCUT2D eigenvalue weighted by Gasteiger charge is 2.11. The number of carbonyl (C=O) groups is 2. The maximum atomic E-state index is 11.9. The van der Waals surface area contributed by atoms with Gasteiger partial charge in [-0.15, -0.1) is 5.10 Å². The second-order valence-electron chi connectivity index (χ2n) is 4.18. The molecule has 104 valence electrons. The number of hydrogen-bond acceptors (Lipinski definition) is 4. The number of carbonyl (C=O) groups excluding carboxylic acids is 2. The van der Waals surface area contributed by atoms with Gasteiger partial charge in [0, 0.05) is 17.8 Å². The third-order valence-electron chi connectivity index (χ3n) is 2.53. The summed E-state index contributed by atoms with van der Waals surface area (Å²) >= 11 is 0. The van der Waals surface area contributed by atoms with Gasteiger partial charge >= 0.3 is 0 Å². The average molecular weight is 273 g/mol. The van der Waals surface area contributed by atoms with Crippen LogP contribution in [0.5, 0.6) is 0 Å². The third kappa shape index (κ3) is 3.41. The van der Waals surface area contributed by atoms with E-state index in [0.717, 1.165) is 0 Å². The van der Waals surface area contributed by atoms with E-state index < -0.39 is 5.91 Å². The van der Waals surface area contributed by atoms with Crippen LogP contribution in [0.25, 0.3) is 0 Å². The normalized spacial score (nSPS) is 10.1. The van der Waals surface area contributed by atoms with Gasteiger partial charge in [-0.1, -0.05) is 13.0 Å². The molecule has 0 aliphatic carbocycles. The molecule has 7 heteroatoms. The Balaban J connectivity index is 2.08. The molecule has 1 aromatic carbocycles. The molecule has 7 nitrogen and oxygen atoms in total. The van der Waals surface area contributed by atoms with E-state index in [1.54, 1.807) is 38.1 Å². The maximum absolute atomic E-state index is 11.9. The van der Waals surface area contributed by atoms with Crippen LogP contribution in [0.3, 0.4) is 0 Å². The van der Waals surface area contributed by atoms with Crippen molar-refractivity contribution in [3.05, 3.63) is 35.9 Å². The molecule has 0 unspecified atom stereocenters. The second kappa shape index (κ2) is 5.96. The van der Waals surface area contributed by atoms with Crippen LogP contribution in [0, 0.1) is 6.92 Å². The summed E-state index contributed by atoms with van der Waals surface area (Å²) in [5.74, 6) is 0.149. The number of rotatable bonds is 4. The standard InChI is InChI=1S/C13H15N5O2/c1-3-11(19)15-9-5-4-6-10(7-9)16-13(20)12-14-8(2)17-18-12/h4-7H,3H2,1-2H3,(H,15,19)(H,16,20)(H,14,17,18). The molecular weight excluding hydrogens is 258 g/mol. The molecule has 0 fully saturated rings. The smallest absolute Gasteiger partial charge is 0.295 e. The summed E-state index contributed by atoms with van der Waals surface area (Å²) in [6.45, 7) is 3.48. The molecule has 0 saturated carbocycles. The number of aromatic amines is 1. The lowest BCUT2D eigenvalue weighted by molar-refractivity contribution is -0.115. The number of amides is 2. The first-order chi connectivity index (χ1) is 9.58. The first-order valence-corrected chi connectivity index (χ1v) is 6.18.